The van der Waals surface area contributed by atoms with Crippen LogP contribution in [0, 0.1) is 11.8 Å². The van der Waals surface area contributed by atoms with Crippen LogP contribution in [0.2, 0.25) is 0 Å². The zero-order valence-electron chi connectivity index (χ0n) is 14.3. The van der Waals surface area contributed by atoms with Gasteiger partial charge in [-0.25, -0.2) is 0 Å². The van der Waals surface area contributed by atoms with Crippen molar-refractivity contribution in [3.05, 3.63) is 42.0 Å². The van der Waals surface area contributed by atoms with Crippen LogP contribution in [0.4, 0.5) is 0 Å². The van der Waals surface area contributed by atoms with Gasteiger partial charge in [0, 0.05) is 11.5 Å². The van der Waals surface area contributed by atoms with E-state index in [4.69, 9.17) is 14.2 Å². The van der Waals surface area contributed by atoms with Crippen molar-refractivity contribution < 1.29 is 28.6 Å². The number of esters is 3. The number of carbonyl (C=O) groups excluding carboxylic acids is 3. The molecular weight excluding hydrogens is 336 g/mol. The van der Waals surface area contributed by atoms with Gasteiger partial charge in [0.1, 0.15) is 5.75 Å². The van der Waals surface area contributed by atoms with Crippen LogP contribution in [0.3, 0.4) is 0 Å². The summed E-state index contributed by atoms with van der Waals surface area (Å²) in [5, 5.41) is 1.81. The molecule has 3 atom stereocenters. The number of ether oxygens (including phenoxy) is 3. The Hall–Kier alpha value is -2.89. The minimum Gasteiger partial charge on any atom is -0.465 e. The first-order chi connectivity index (χ1) is 12.6. The molecule has 0 N–H and O–H groups in total. The van der Waals surface area contributed by atoms with Crippen LogP contribution >= 0.6 is 0 Å². The zero-order valence-corrected chi connectivity index (χ0v) is 14.3. The smallest absolute Gasteiger partial charge is 0.326 e. The van der Waals surface area contributed by atoms with Gasteiger partial charge >= 0.3 is 17.9 Å². The molecule has 0 saturated carbocycles. The van der Waals surface area contributed by atoms with Crippen molar-refractivity contribution in [2.75, 3.05) is 13.2 Å². The molecule has 2 aromatic rings. The van der Waals surface area contributed by atoms with Crippen molar-refractivity contribution in [3.63, 3.8) is 0 Å². The Labute approximate surface area is 150 Å². The molecule has 0 amide bonds. The quantitative estimate of drug-likeness (QED) is 0.479. The molecule has 2 aromatic carbocycles. The SMILES string of the molecule is CCOC(=O)[C@@H]1C(=O)Oc2ccc3ccccc3c2[C@@H]1[C@@H]1CCOC1=O. The Morgan fingerprint density at radius 2 is 1.96 bits per heavy atom. The maximum absolute atomic E-state index is 12.6. The molecule has 0 spiro atoms. The van der Waals surface area contributed by atoms with Crippen LogP contribution in [0.25, 0.3) is 10.8 Å². The predicted molar refractivity (Wildman–Crippen MR) is 91.5 cm³/mol. The van der Waals surface area contributed by atoms with E-state index in [2.05, 4.69) is 0 Å². The molecule has 2 heterocycles. The van der Waals surface area contributed by atoms with Crippen LogP contribution in [0.15, 0.2) is 36.4 Å². The van der Waals surface area contributed by atoms with Gasteiger partial charge in [0.15, 0.2) is 5.92 Å². The Bertz CT molecular complexity index is 902. The molecule has 1 fully saturated rings. The molecule has 2 aliphatic rings. The first-order valence-corrected chi connectivity index (χ1v) is 8.68. The Morgan fingerprint density at radius 1 is 1.15 bits per heavy atom. The maximum Gasteiger partial charge on any atom is 0.326 e. The molecule has 6 nitrogen and oxygen atoms in total. The van der Waals surface area contributed by atoms with Gasteiger partial charge in [-0.15, -0.1) is 0 Å². The van der Waals surface area contributed by atoms with E-state index in [9.17, 15) is 14.4 Å². The summed E-state index contributed by atoms with van der Waals surface area (Å²) in [5.74, 6) is -3.77. The number of benzene rings is 2. The lowest BCUT2D eigenvalue weighted by Crippen LogP contribution is -2.42. The molecule has 0 aliphatic carbocycles. The van der Waals surface area contributed by atoms with E-state index >= 15 is 0 Å². The topological polar surface area (TPSA) is 78.9 Å². The number of fused-ring (bicyclic) bond motifs is 3. The van der Waals surface area contributed by atoms with Gasteiger partial charge in [0.05, 0.1) is 19.1 Å². The molecule has 0 radical (unpaired) electrons. The largest absolute Gasteiger partial charge is 0.465 e. The lowest BCUT2D eigenvalue weighted by atomic mass is 9.73. The van der Waals surface area contributed by atoms with Crippen molar-refractivity contribution in [2.24, 2.45) is 11.8 Å². The van der Waals surface area contributed by atoms with Crippen molar-refractivity contribution >= 4 is 28.7 Å². The molecule has 6 heteroatoms. The summed E-state index contributed by atoms with van der Waals surface area (Å²) < 4.78 is 15.7. The number of cyclic esters (lactones) is 1. The molecule has 0 bridgehead atoms. The van der Waals surface area contributed by atoms with E-state index in [1.165, 1.54) is 0 Å². The number of hydrogen-bond acceptors (Lipinski definition) is 6. The summed E-state index contributed by atoms with van der Waals surface area (Å²) in [6, 6.07) is 11.2. The fourth-order valence-electron chi connectivity index (χ4n) is 3.94. The molecule has 134 valence electrons. The first kappa shape index (κ1) is 16.6. The van der Waals surface area contributed by atoms with E-state index in [-0.39, 0.29) is 13.2 Å². The fraction of sp³-hybridized carbons (Fsp3) is 0.350. The van der Waals surface area contributed by atoms with Gasteiger partial charge < -0.3 is 14.2 Å². The van der Waals surface area contributed by atoms with E-state index in [0.717, 1.165) is 10.8 Å². The molecule has 0 aromatic heterocycles. The average molecular weight is 354 g/mol. The lowest BCUT2D eigenvalue weighted by Gasteiger charge is -2.33. The monoisotopic (exact) mass is 354 g/mol. The summed E-state index contributed by atoms with van der Waals surface area (Å²) >= 11 is 0. The van der Waals surface area contributed by atoms with Crippen molar-refractivity contribution in [3.8, 4) is 5.75 Å². The third-order valence-corrected chi connectivity index (χ3v) is 5.04. The van der Waals surface area contributed by atoms with E-state index < -0.39 is 35.7 Å². The predicted octanol–water partition coefficient (Wildman–Crippen LogP) is 2.58. The third kappa shape index (κ3) is 2.53. The van der Waals surface area contributed by atoms with Crippen LogP contribution in [0.5, 0.6) is 5.75 Å². The van der Waals surface area contributed by atoms with E-state index in [1.807, 2.05) is 30.3 Å². The second-order valence-electron chi connectivity index (χ2n) is 6.44. The van der Waals surface area contributed by atoms with Gasteiger partial charge in [-0.3, -0.25) is 14.4 Å². The average Bonchev–Trinajstić information content (AvgIpc) is 3.06. The number of rotatable bonds is 3. The zero-order chi connectivity index (χ0) is 18.3. The molecule has 1 saturated heterocycles. The molecular formula is C20H18O6. The highest BCUT2D eigenvalue weighted by Crippen LogP contribution is 2.48. The van der Waals surface area contributed by atoms with Gasteiger partial charge in [-0.05, 0) is 30.2 Å². The third-order valence-electron chi connectivity index (χ3n) is 5.04. The van der Waals surface area contributed by atoms with E-state index in [0.29, 0.717) is 17.7 Å². The summed E-state index contributed by atoms with van der Waals surface area (Å²) in [6.45, 7) is 2.10. The normalized spacial score (nSPS) is 24.7. The lowest BCUT2D eigenvalue weighted by molar-refractivity contribution is -0.160. The highest BCUT2D eigenvalue weighted by molar-refractivity contribution is 6.02. The van der Waals surface area contributed by atoms with Gasteiger partial charge in [0.25, 0.3) is 0 Å². The van der Waals surface area contributed by atoms with Crippen molar-refractivity contribution in [2.45, 2.75) is 19.3 Å². The summed E-state index contributed by atoms with van der Waals surface area (Å²) in [5.41, 5.74) is 0.699. The van der Waals surface area contributed by atoms with Gasteiger partial charge in [-0.2, -0.15) is 0 Å². The minimum atomic E-state index is -1.18. The van der Waals surface area contributed by atoms with E-state index in [1.54, 1.807) is 13.0 Å². The summed E-state index contributed by atoms with van der Waals surface area (Å²) in [7, 11) is 0. The number of carbonyl (C=O) groups is 3. The second kappa shape index (κ2) is 6.44. The van der Waals surface area contributed by atoms with Crippen LogP contribution in [-0.2, 0) is 23.9 Å². The highest BCUT2D eigenvalue weighted by Gasteiger charge is 2.51. The number of hydrogen-bond donors (Lipinski definition) is 0. The Morgan fingerprint density at radius 3 is 2.69 bits per heavy atom. The minimum absolute atomic E-state index is 0.146. The van der Waals surface area contributed by atoms with Crippen molar-refractivity contribution in [1.29, 1.82) is 0 Å². The van der Waals surface area contributed by atoms with Gasteiger partial charge in [0.2, 0.25) is 0 Å². The Balaban J connectivity index is 1.94. The fourth-order valence-corrected chi connectivity index (χ4v) is 3.94. The molecule has 0 unspecified atom stereocenters. The Kier molecular flexibility index (Phi) is 4.11. The van der Waals surface area contributed by atoms with Gasteiger partial charge in [-0.1, -0.05) is 30.3 Å². The second-order valence-corrected chi connectivity index (χ2v) is 6.44. The maximum atomic E-state index is 12.6. The van der Waals surface area contributed by atoms with Crippen LogP contribution in [0.1, 0.15) is 24.8 Å². The van der Waals surface area contributed by atoms with Crippen LogP contribution < -0.4 is 4.74 Å². The summed E-state index contributed by atoms with van der Waals surface area (Å²) in [4.78, 5) is 37.5. The molecule has 26 heavy (non-hydrogen) atoms. The van der Waals surface area contributed by atoms with Crippen molar-refractivity contribution in [1.82, 2.24) is 0 Å². The highest BCUT2D eigenvalue weighted by atomic mass is 16.6. The molecule has 4 rings (SSSR count). The first-order valence-electron chi connectivity index (χ1n) is 8.68. The standard InChI is InChI=1S/C20H18O6/c1-2-24-19(22)17-16(13-9-10-25-18(13)21)15-12-6-4-3-5-11(12)7-8-14(15)26-20(17)23/h3-8,13,16-17H,2,9-10H2,1H3/t13-,16-,17+/m0/s1. The summed E-state index contributed by atoms with van der Waals surface area (Å²) in [6.07, 6.45) is 0.454. The van der Waals surface area contributed by atoms with Crippen LogP contribution in [-0.4, -0.2) is 31.1 Å². The molecule has 2 aliphatic heterocycles.